The molecule has 0 aliphatic carbocycles. The molecule has 15 heavy (non-hydrogen) atoms. The monoisotopic (exact) mass is 233 g/mol. The van der Waals surface area contributed by atoms with Crippen LogP contribution in [0.4, 0.5) is 0 Å². The van der Waals surface area contributed by atoms with E-state index in [1.54, 1.807) is 0 Å². The van der Waals surface area contributed by atoms with Crippen LogP contribution in [0.3, 0.4) is 0 Å². The molecular formula is C12H24ClNO. The summed E-state index contributed by atoms with van der Waals surface area (Å²) in [4.78, 5) is 13.9. The fourth-order valence-electron chi connectivity index (χ4n) is 1.80. The van der Waals surface area contributed by atoms with E-state index in [4.69, 9.17) is 11.6 Å². The van der Waals surface area contributed by atoms with E-state index in [9.17, 15) is 4.79 Å². The zero-order chi connectivity index (χ0) is 11.7. The van der Waals surface area contributed by atoms with Gasteiger partial charge in [0.05, 0.1) is 0 Å². The molecule has 0 bridgehead atoms. The lowest BCUT2D eigenvalue weighted by Crippen LogP contribution is -2.40. The van der Waals surface area contributed by atoms with Crippen molar-refractivity contribution in [3.05, 3.63) is 0 Å². The maximum atomic E-state index is 11.9. The molecule has 0 atom stereocenters. The molecule has 0 N–H and O–H groups in total. The van der Waals surface area contributed by atoms with Crippen LogP contribution in [0, 0.1) is 0 Å². The van der Waals surface area contributed by atoms with Crippen LogP contribution in [0.5, 0.6) is 0 Å². The lowest BCUT2D eigenvalue weighted by molar-refractivity contribution is -0.133. The normalized spacial score (nSPS) is 10.7. The number of hydrogen-bond donors (Lipinski definition) is 0. The van der Waals surface area contributed by atoms with E-state index in [0.29, 0.717) is 24.9 Å². The number of carbonyl (C=O) groups is 1. The summed E-state index contributed by atoms with van der Waals surface area (Å²) in [5, 5.41) is 0. The molecule has 0 saturated heterocycles. The van der Waals surface area contributed by atoms with E-state index < -0.39 is 0 Å². The molecule has 0 unspecified atom stereocenters. The standard InChI is InChI=1S/C12H24ClNO/c1-4-7-8-12(15)14(10-9-13)11(5-2)6-3/h11H,4-10H2,1-3H3. The third-order valence-corrected chi connectivity index (χ3v) is 2.94. The molecule has 0 aromatic carbocycles. The van der Waals surface area contributed by atoms with Crippen LogP contribution in [0.25, 0.3) is 0 Å². The highest BCUT2D eigenvalue weighted by Crippen LogP contribution is 2.12. The van der Waals surface area contributed by atoms with Gasteiger partial charge < -0.3 is 4.90 Å². The van der Waals surface area contributed by atoms with E-state index in [2.05, 4.69) is 20.8 Å². The van der Waals surface area contributed by atoms with Gasteiger partial charge in [-0.25, -0.2) is 0 Å². The number of alkyl halides is 1. The second-order valence-corrected chi connectivity index (χ2v) is 4.23. The maximum Gasteiger partial charge on any atom is 0.222 e. The summed E-state index contributed by atoms with van der Waals surface area (Å²) in [6.07, 6.45) is 4.77. The van der Waals surface area contributed by atoms with Gasteiger partial charge in [-0.1, -0.05) is 27.2 Å². The Morgan fingerprint density at radius 3 is 2.27 bits per heavy atom. The molecule has 0 aromatic heterocycles. The van der Waals surface area contributed by atoms with Crippen LogP contribution in [0.2, 0.25) is 0 Å². The van der Waals surface area contributed by atoms with Gasteiger partial charge >= 0.3 is 0 Å². The first-order chi connectivity index (χ1) is 7.21. The Morgan fingerprint density at radius 2 is 1.87 bits per heavy atom. The second-order valence-electron chi connectivity index (χ2n) is 3.85. The van der Waals surface area contributed by atoms with Gasteiger partial charge in [-0.05, 0) is 19.3 Å². The molecule has 0 aliphatic rings. The largest absolute Gasteiger partial charge is 0.339 e. The van der Waals surface area contributed by atoms with Crippen molar-refractivity contribution in [2.45, 2.75) is 58.9 Å². The average molecular weight is 234 g/mol. The van der Waals surface area contributed by atoms with Crippen LogP contribution < -0.4 is 0 Å². The summed E-state index contributed by atoms with van der Waals surface area (Å²) < 4.78 is 0. The SMILES string of the molecule is CCCCC(=O)N(CCCl)C(CC)CC. The number of unbranched alkanes of at least 4 members (excludes halogenated alkanes) is 1. The van der Waals surface area contributed by atoms with Crippen molar-refractivity contribution in [2.75, 3.05) is 12.4 Å². The molecule has 90 valence electrons. The van der Waals surface area contributed by atoms with Crippen molar-refractivity contribution in [3.8, 4) is 0 Å². The molecule has 0 fully saturated rings. The van der Waals surface area contributed by atoms with E-state index in [1.807, 2.05) is 4.90 Å². The Kier molecular flexibility index (Phi) is 8.88. The number of hydrogen-bond acceptors (Lipinski definition) is 1. The predicted octanol–water partition coefficient (Wildman–Crippen LogP) is 3.43. The van der Waals surface area contributed by atoms with Crippen molar-refractivity contribution in [2.24, 2.45) is 0 Å². The van der Waals surface area contributed by atoms with E-state index in [-0.39, 0.29) is 5.91 Å². The molecule has 0 heterocycles. The van der Waals surface area contributed by atoms with Gasteiger partial charge in [0.1, 0.15) is 0 Å². The van der Waals surface area contributed by atoms with Gasteiger partial charge in [-0.2, -0.15) is 0 Å². The van der Waals surface area contributed by atoms with Crippen LogP contribution in [-0.2, 0) is 4.79 Å². The van der Waals surface area contributed by atoms with Crippen molar-refractivity contribution < 1.29 is 4.79 Å². The number of rotatable bonds is 8. The number of halogens is 1. The van der Waals surface area contributed by atoms with Gasteiger partial charge in [0.25, 0.3) is 0 Å². The molecule has 0 aromatic rings. The first kappa shape index (κ1) is 14.8. The molecule has 0 rings (SSSR count). The molecule has 2 nitrogen and oxygen atoms in total. The van der Waals surface area contributed by atoms with E-state index in [1.165, 1.54) is 0 Å². The topological polar surface area (TPSA) is 20.3 Å². The first-order valence-corrected chi connectivity index (χ1v) is 6.60. The number of nitrogens with zero attached hydrogens (tertiary/aromatic N) is 1. The zero-order valence-electron chi connectivity index (χ0n) is 10.3. The van der Waals surface area contributed by atoms with Gasteiger partial charge in [0.2, 0.25) is 5.91 Å². The second kappa shape index (κ2) is 9.02. The molecular weight excluding hydrogens is 210 g/mol. The number of carbonyl (C=O) groups excluding carboxylic acids is 1. The number of amides is 1. The third-order valence-electron chi connectivity index (χ3n) is 2.77. The molecule has 0 spiro atoms. The van der Waals surface area contributed by atoms with Crippen LogP contribution in [0.15, 0.2) is 0 Å². The van der Waals surface area contributed by atoms with Crippen molar-refractivity contribution in [1.82, 2.24) is 4.90 Å². The smallest absolute Gasteiger partial charge is 0.222 e. The van der Waals surface area contributed by atoms with Gasteiger partial charge in [0, 0.05) is 24.9 Å². The Balaban J connectivity index is 4.28. The summed E-state index contributed by atoms with van der Waals surface area (Å²) in [5.74, 6) is 0.806. The quantitative estimate of drug-likeness (QED) is 0.589. The molecule has 1 amide bonds. The Morgan fingerprint density at radius 1 is 1.27 bits per heavy atom. The van der Waals surface area contributed by atoms with Crippen LogP contribution in [0.1, 0.15) is 52.9 Å². The van der Waals surface area contributed by atoms with Crippen LogP contribution in [-0.4, -0.2) is 29.3 Å². The fraction of sp³-hybridized carbons (Fsp3) is 0.917. The van der Waals surface area contributed by atoms with Crippen molar-refractivity contribution >= 4 is 17.5 Å². The third kappa shape index (κ3) is 5.41. The Labute approximate surface area is 99.0 Å². The Bertz CT molecular complexity index is 169. The molecule has 0 radical (unpaired) electrons. The predicted molar refractivity (Wildman–Crippen MR) is 66.3 cm³/mol. The van der Waals surface area contributed by atoms with Crippen LogP contribution >= 0.6 is 11.6 Å². The van der Waals surface area contributed by atoms with Crippen molar-refractivity contribution in [3.63, 3.8) is 0 Å². The van der Waals surface area contributed by atoms with Gasteiger partial charge in [0.15, 0.2) is 0 Å². The summed E-state index contributed by atoms with van der Waals surface area (Å²) in [7, 11) is 0. The molecule has 0 aliphatic heterocycles. The Hall–Kier alpha value is -0.240. The highest BCUT2D eigenvalue weighted by atomic mass is 35.5. The lowest BCUT2D eigenvalue weighted by Gasteiger charge is -2.30. The zero-order valence-corrected chi connectivity index (χ0v) is 11.0. The minimum absolute atomic E-state index is 0.270. The average Bonchev–Trinajstić information content (AvgIpc) is 2.26. The first-order valence-electron chi connectivity index (χ1n) is 6.06. The van der Waals surface area contributed by atoms with E-state index >= 15 is 0 Å². The summed E-state index contributed by atoms with van der Waals surface area (Å²) in [6.45, 7) is 7.05. The fourth-order valence-corrected chi connectivity index (χ4v) is 1.99. The van der Waals surface area contributed by atoms with Crippen molar-refractivity contribution in [1.29, 1.82) is 0 Å². The highest BCUT2D eigenvalue weighted by Gasteiger charge is 2.19. The summed E-state index contributed by atoms with van der Waals surface area (Å²) >= 11 is 5.74. The molecule has 0 saturated carbocycles. The summed E-state index contributed by atoms with van der Waals surface area (Å²) in [5.41, 5.74) is 0. The minimum atomic E-state index is 0.270. The van der Waals surface area contributed by atoms with E-state index in [0.717, 1.165) is 25.7 Å². The highest BCUT2D eigenvalue weighted by molar-refractivity contribution is 6.18. The summed E-state index contributed by atoms with van der Waals surface area (Å²) in [6, 6.07) is 0.369. The lowest BCUT2D eigenvalue weighted by atomic mass is 10.1. The van der Waals surface area contributed by atoms with Gasteiger partial charge in [-0.15, -0.1) is 11.6 Å². The maximum absolute atomic E-state index is 11.9. The van der Waals surface area contributed by atoms with Gasteiger partial charge in [-0.3, -0.25) is 4.79 Å². The molecule has 3 heteroatoms. The minimum Gasteiger partial charge on any atom is -0.339 e.